The molecule has 0 saturated heterocycles. The molecule has 0 bridgehead atoms. The van der Waals surface area contributed by atoms with Gasteiger partial charge in [0.1, 0.15) is 6.04 Å². The molecule has 5 nitrogen and oxygen atoms in total. The summed E-state index contributed by atoms with van der Waals surface area (Å²) in [4.78, 5) is 15.5. The standard InChI is InChI=1S/C37H27N5/c38-33-27(21-28-32(34(33)39)26-13-7-8-14-30(26)41-35(28)23-11-5-2-6-12-23)31-20-18-25-16-15-24-17-19-29(22-9-3-1-4-10-22)40-36(24)37(25)42-31/h1-21,29,35H,38-39H2. The van der Waals surface area contributed by atoms with Gasteiger partial charge in [-0.15, -0.1) is 0 Å². The van der Waals surface area contributed by atoms with Crippen molar-refractivity contribution in [2.24, 2.45) is 9.98 Å². The van der Waals surface area contributed by atoms with E-state index < -0.39 is 0 Å². The van der Waals surface area contributed by atoms with Gasteiger partial charge in [-0.3, -0.25) is 9.98 Å². The Morgan fingerprint density at radius 2 is 1.33 bits per heavy atom. The van der Waals surface area contributed by atoms with Crippen molar-refractivity contribution in [2.45, 2.75) is 12.1 Å². The van der Waals surface area contributed by atoms with Gasteiger partial charge in [-0.05, 0) is 34.9 Å². The number of anilines is 2. The first-order valence-corrected chi connectivity index (χ1v) is 14.1. The lowest BCUT2D eigenvalue weighted by molar-refractivity contribution is 0.813. The lowest BCUT2D eigenvalue weighted by atomic mass is 9.92. The molecule has 0 radical (unpaired) electrons. The van der Waals surface area contributed by atoms with Crippen LogP contribution in [-0.2, 0) is 0 Å². The highest BCUT2D eigenvalue weighted by Gasteiger charge is 2.21. The number of rotatable bonds is 2. The van der Waals surface area contributed by atoms with Gasteiger partial charge >= 0.3 is 0 Å². The predicted molar refractivity (Wildman–Crippen MR) is 168 cm³/mol. The summed E-state index contributed by atoms with van der Waals surface area (Å²) in [6.07, 6.45) is 4.28. The van der Waals surface area contributed by atoms with Crippen LogP contribution in [0.25, 0.3) is 17.0 Å². The van der Waals surface area contributed by atoms with E-state index in [1.807, 2.05) is 60.7 Å². The molecule has 4 N–H and O–H groups in total. The zero-order valence-electron chi connectivity index (χ0n) is 22.8. The Hall–Kier alpha value is -5.55. The Bertz CT molecular complexity index is 2380. The van der Waals surface area contributed by atoms with Crippen LogP contribution in [-0.4, -0.2) is 4.98 Å². The van der Waals surface area contributed by atoms with E-state index in [1.54, 1.807) is 0 Å². The minimum Gasteiger partial charge on any atom is -0.397 e. The van der Waals surface area contributed by atoms with Crippen molar-refractivity contribution in [3.05, 3.63) is 175 Å². The second-order valence-electron chi connectivity index (χ2n) is 10.8. The lowest BCUT2D eigenvalue weighted by Gasteiger charge is -2.20. The normalized spacial score (nSPS) is 17.4. The van der Waals surface area contributed by atoms with E-state index in [2.05, 4.69) is 66.7 Å². The topological polar surface area (TPSA) is 89.7 Å². The Kier molecular flexibility index (Phi) is 5.50. The quantitative estimate of drug-likeness (QED) is 0.260. The van der Waals surface area contributed by atoms with E-state index >= 15 is 0 Å². The molecule has 42 heavy (non-hydrogen) atoms. The maximum absolute atomic E-state index is 6.88. The second-order valence-corrected chi connectivity index (χ2v) is 10.8. The van der Waals surface area contributed by atoms with Crippen LogP contribution in [0.5, 0.6) is 0 Å². The Labute approximate surface area is 241 Å². The van der Waals surface area contributed by atoms with E-state index in [0.717, 1.165) is 64.9 Å². The third-order valence-electron chi connectivity index (χ3n) is 8.30. The Balaban J connectivity index is 1.45. The third-order valence-corrected chi connectivity index (χ3v) is 8.30. The molecule has 0 fully saturated rings. The van der Waals surface area contributed by atoms with Crippen LogP contribution in [0.1, 0.15) is 34.3 Å². The summed E-state index contributed by atoms with van der Waals surface area (Å²) in [5.41, 5.74) is 20.0. The van der Waals surface area contributed by atoms with Gasteiger partial charge in [-0.25, -0.2) is 4.98 Å². The molecular formula is C37H27N5. The number of hydrogen-bond acceptors (Lipinski definition) is 5. The molecule has 0 amide bonds. The number of aromatic nitrogens is 1. The van der Waals surface area contributed by atoms with Crippen molar-refractivity contribution in [2.75, 3.05) is 11.5 Å². The summed E-state index contributed by atoms with van der Waals surface area (Å²) in [5.74, 6) is 0. The molecule has 3 heterocycles. The van der Waals surface area contributed by atoms with Gasteiger partial charge in [-0.2, -0.15) is 0 Å². The molecule has 0 spiro atoms. The second kappa shape index (κ2) is 9.53. The van der Waals surface area contributed by atoms with Gasteiger partial charge in [0.15, 0.2) is 0 Å². The van der Waals surface area contributed by atoms with E-state index in [9.17, 15) is 0 Å². The summed E-state index contributed by atoms with van der Waals surface area (Å²) in [5, 5.41) is 6.33. The highest BCUT2D eigenvalue weighted by atomic mass is 14.8. The number of nitrogens with two attached hydrogens (primary N) is 2. The van der Waals surface area contributed by atoms with Gasteiger partial charge in [-0.1, -0.05) is 109 Å². The molecule has 2 atom stereocenters. The van der Waals surface area contributed by atoms with E-state index in [-0.39, 0.29) is 12.1 Å². The molecular weight excluding hydrogens is 514 g/mol. The zero-order chi connectivity index (χ0) is 28.2. The van der Waals surface area contributed by atoms with Gasteiger partial charge in [0.25, 0.3) is 0 Å². The molecule has 200 valence electrons. The zero-order valence-corrected chi connectivity index (χ0v) is 22.8. The number of hydrogen-bond donors (Lipinski definition) is 2. The fourth-order valence-electron chi connectivity index (χ4n) is 6.19. The molecule has 5 heteroatoms. The largest absolute Gasteiger partial charge is 0.397 e. The van der Waals surface area contributed by atoms with Crippen LogP contribution in [0.15, 0.2) is 131 Å². The first-order chi connectivity index (χ1) is 20.7. The van der Waals surface area contributed by atoms with E-state index in [1.165, 1.54) is 0 Å². The summed E-state index contributed by atoms with van der Waals surface area (Å²) < 4.78 is 0. The first-order valence-electron chi connectivity index (χ1n) is 14.1. The van der Waals surface area contributed by atoms with Crippen LogP contribution < -0.4 is 22.2 Å². The van der Waals surface area contributed by atoms with Crippen molar-refractivity contribution in [3.63, 3.8) is 0 Å². The van der Waals surface area contributed by atoms with Crippen LogP contribution in [0.2, 0.25) is 0 Å². The average molecular weight is 542 g/mol. The molecule has 0 aliphatic carbocycles. The molecule has 8 rings (SSSR count). The molecule has 1 aromatic heterocycles. The third kappa shape index (κ3) is 3.82. The predicted octanol–water partition coefficient (Wildman–Crippen LogP) is 6.08. The highest BCUT2D eigenvalue weighted by Crippen LogP contribution is 2.34. The van der Waals surface area contributed by atoms with Crippen molar-refractivity contribution >= 4 is 28.4 Å². The highest BCUT2D eigenvalue weighted by molar-refractivity contribution is 5.81. The Morgan fingerprint density at radius 1 is 0.619 bits per heavy atom. The van der Waals surface area contributed by atoms with Crippen molar-refractivity contribution < 1.29 is 0 Å². The summed E-state index contributed by atoms with van der Waals surface area (Å²) in [7, 11) is 0. The minimum absolute atomic E-state index is 0.0625. The number of pyridine rings is 1. The molecule has 5 aromatic carbocycles. The number of benzene rings is 5. The summed E-state index contributed by atoms with van der Waals surface area (Å²) >= 11 is 0. The number of nitrogen functional groups attached to an aromatic ring is 2. The molecule has 6 aromatic rings. The van der Waals surface area contributed by atoms with Crippen molar-refractivity contribution in [3.8, 4) is 0 Å². The number of fused-ring (bicyclic) bond motifs is 5. The van der Waals surface area contributed by atoms with Gasteiger partial charge < -0.3 is 11.5 Å². The summed E-state index contributed by atoms with van der Waals surface area (Å²) in [6.45, 7) is 0. The van der Waals surface area contributed by atoms with E-state index in [0.29, 0.717) is 11.4 Å². The lowest BCUT2D eigenvalue weighted by Crippen LogP contribution is -2.17. The van der Waals surface area contributed by atoms with Gasteiger partial charge in [0.2, 0.25) is 0 Å². The van der Waals surface area contributed by atoms with E-state index in [4.69, 9.17) is 26.4 Å². The Morgan fingerprint density at radius 3 is 2.14 bits per heavy atom. The smallest absolute Gasteiger partial charge is 0.101 e. The monoisotopic (exact) mass is 541 g/mol. The fraction of sp³-hybridized carbons (Fsp3) is 0.0541. The maximum Gasteiger partial charge on any atom is 0.101 e. The van der Waals surface area contributed by atoms with Gasteiger partial charge in [0, 0.05) is 26.6 Å². The molecule has 2 aliphatic rings. The number of para-hydroxylation sites is 1. The maximum atomic E-state index is 6.88. The van der Waals surface area contributed by atoms with Crippen molar-refractivity contribution in [1.29, 1.82) is 0 Å². The number of nitrogens with zero attached hydrogens (tertiary/aromatic N) is 3. The van der Waals surface area contributed by atoms with Crippen LogP contribution >= 0.6 is 0 Å². The van der Waals surface area contributed by atoms with Crippen LogP contribution in [0, 0.1) is 21.0 Å². The molecule has 2 unspecified atom stereocenters. The molecule has 0 saturated carbocycles. The van der Waals surface area contributed by atoms with Crippen molar-refractivity contribution in [1.82, 2.24) is 4.98 Å². The van der Waals surface area contributed by atoms with Gasteiger partial charge in [0.05, 0.1) is 39.0 Å². The average Bonchev–Trinajstić information content (AvgIpc) is 3.06. The fourth-order valence-corrected chi connectivity index (χ4v) is 6.19. The first kappa shape index (κ1) is 24.3. The van der Waals surface area contributed by atoms with Crippen LogP contribution in [0.4, 0.5) is 11.4 Å². The van der Waals surface area contributed by atoms with Crippen LogP contribution in [0.3, 0.4) is 0 Å². The summed E-state index contributed by atoms with van der Waals surface area (Å²) in [6, 6.07) is 38.9. The SMILES string of the molecule is Nc1c(N)c2c(cc1=c1ccc3ccc4c(c3n1)=NC(c1ccccc1)C=C4)C(c1ccccc1)N=c1ccccc1=2. The minimum atomic E-state index is -0.210. The molecule has 2 aliphatic heterocycles.